The molecule has 0 spiro atoms. The van der Waals surface area contributed by atoms with E-state index >= 15 is 0 Å². The lowest BCUT2D eigenvalue weighted by Gasteiger charge is -2.16. The highest BCUT2D eigenvalue weighted by atomic mass is 32.2. The van der Waals surface area contributed by atoms with Crippen LogP contribution in [-0.2, 0) is 9.59 Å². The van der Waals surface area contributed by atoms with Crippen molar-refractivity contribution in [1.29, 1.82) is 0 Å². The number of benzene rings is 3. The van der Waals surface area contributed by atoms with Gasteiger partial charge in [0.15, 0.2) is 5.11 Å². The molecule has 5 nitrogen and oxygen atoms in total. The molecule has 162 valence electrons. The van der Waals surface area contributed by atoms with Crippen LogP contribution in [0.5, 0.6) is 0 Å². The van der Waals surface area contributed by atoms with Crippen molar-refractivity contribution in [2.24, 2.45) is 0 Å². The Labute approximate surface area is 197 Å². The molecule has 0 unspecified atom stereocenters. The molecule has 1 fully saturated rings. The number of para-hydroxylation sites is 1. The summed E-state index contributed by atoms with van der Waals surface area (Å²) in [4.78, 5) is 27.8. The van der Waals surface area contributed by atoms with E-state index in [1.165, 1.54) is 16.7 Å². The molecule has 1 saturated heterocycles. The summed E-state index contributed by atoms with van der Waals surface area (Å²) in [6, 6.07) is 23.0. The van der Waals surface area contributed by atoms with E-state index in [4.69, 9.17) is 12.2 Å². The number of thiocarbonyl (C=S) groups is 1. The lowest BCUT2D eigenvalue weighted by Crippen LogP contribution is -2.31. The maximum absolute atomic E-state index is 12.9. The number of amides is 2. The fourth-order valence-corrected chi connectivity index (χ4v) is 4.72. The summed E-state index contributed by atoms with van der Waals surface area (Å²) in [7, 11) is 0. The van der Waals surface area contributed by atoms with Crippen LogP contribution in [0.2, 0.25) is 0 Å². The highest BCUT2D eigenvalue weighted by molar-refractivity contribution is 8.00. The lowest BCUT2D eigenvalue weighted by molar-refractivity contribution is -0.121. The molecule has 0 aromatic heterocycles. The van der Waals surface area contributed by atoms with Gasteiger partial charge in [-0.3, -0.25) is 9.59 Å². The number of aryl methyl sites for hydroxylation is 2. The molecule has 0 aliphatic carbocycles. The molecule has 3 aromatic rings. The summed E-state index contributed by atoms with van der Waals surface area (Å²) in [5.41, 5.74) is 4.58. The van der Waals surface area contributed by atoms with Crippen molar-refractivity contribution in [3.8, 4) is 0 Å². The van der Waals surface area contributed by atoms with Crippen LogP contribution in [0.25, 0.3) is 0 Å². The molecule has 4 rings (SSSR count). The third-order valence-electron chi connectivity index (χ3n) is 5.28. The average Bonchev–Trinajstić information content (AvgIpc) is 3.05. The topological polar surface area (TPSA) is 61.4 Å². The number of imide groups is 1. The van der Waals surface area contributed by atoms with Crippen LogP contribution in [0, 0.1) is 13.8 Å². The van der Waals surface area contributed by atoms with Gasteiger partial charge in [0.2, 0.25) is 11.8 Å². The minimum atomic E-state index is -0.427. The third kappa shape index (κ3) is 5.00. The van der Waals surface area contributed by atoms with Crippen LogP contribution in [-0.4, -0.2) is 22.2 Å². The van der Waals surface area contributed by atoms with E-state index in [0.717, 1.165) is 27.4 Å². The zero-order valence-corrected chi connectivity index (χ0v) is 19.4. The summed E-state index contributed by atoms with van der Waals surface area (Å²) in [5.74, 6) is -0.329. The van der Waals surface area contributed by atoms with E-state index in [1.54, 1.807) is 0 Å². The van der Waals surface area contributed by atoms with Gasteiger partial charge in [-0.1, -0.05) is 24.3 Å². The number of hydrogen-bond acceptors (Lipinski definition) is 4. The molecule has 1 atom stereocenters. The zero-order chi connectivity index (χ0) is 22.7. The zero-order valence-electron chi connectivity index (χ0n) is 17.8. The largest absolute Gasteiger partial charge is 0.332 e. The first-order valence-electron chi connectivity index (χ1n) is 10.2. The monoisotopic (exact) mass is 461 g/mol. The van der Waals surface area contributed by atoms with E-state index in [2.05, 4.69) is 10.6 Å². The van der Waals surface area contributed by atoms with Crippen LogP contribution < -0.4 is 15.5 Å². The molecule has 32 heavy (non-hydrogen) atoms. The van der Waals surface area contributed by atoms with Gasteiger partial charge in [0.1, 0.15) is 0 Å². The van der Waals surface area contributed by atoms with Crippen molar-refractivity contribution >= 4 is 58.0 Å². The minimum Gasteiger partial charge on any atom is -0.332 e. The Balaban J connectivity index is 1.38. The fourth-order valence-electron chi connectivity index (χ4n) is 3.43. The van der Waals surface area contributed by atoms with Crippen molar-refractivity contribution in [3.63, 3.8) is 0 Å². The Morgan fingerprint density at radius 2 is 1.56 bits per heavy atom. The van der Waals surface area contributed by atoms with E-state index < -0.39 is 5.25 Å². The van der Waals surface area contributed by atoms with Gasteiger partial charge in [0.05, 0.1) is 10.9 Å². The predicted octanol–water partition coefficient (Wildman–Crippen LogP) is 5.54. The second-order valence-electron chi connectivity index (χ2n) is 7.62. The maximum atomic E-state index is 12.9. The highest BCUT2D eigenvalue weighted by Gasteiger charge is 2.40. The number of hydrogen-bond donors (Lipinski definition) is 2. The van der Waals surface area contributed by atoms with Crippen molar-refractivity contribution in [2.45, 2.75) is 30.4 Å². The minimum absolute atomic E-state index is 0.161. The Morgan fingerprint density at radius 1 is 0.906 bits per heavy atom. The number of carbonyl (C=O) groups excluding carboxylic acids is 2. The van der Waals surface area contributed by atoms with E-state index in [1.807, 2.05) is 86.6 Å². The SMILES string of the molecule is Cc1ccc(N2C(=O)C[C@H](Sc3ccc(NC(=S)Nc4ccccc4)cc3)C2=O)cc1C. The summed E-state index contributed by atoms with van der Waals surface area (Å²) in [5, 5.41) is 6.35. The first-order valence-corrected chi connectivity index (χ1v) is 11.5. The Kier molecular flexibility index (Phi) is 6.58. The quantitative estimate of drug-likeness (QED) is 0.384. The van der Waals surface area contributed by atoms with Gasteiger partial charge in [0, 0.05) is 22.7 Å². The van der Waals surface area contributed by atoms with E-state index in [9.17, 15) is 9.59 Å². The van der Waals surface area contributed by atoms with Crippen molar-refractivity contribution in [1.82, 2.24) is 0 Å². The first kappa shape index (κ1) is 22.0. The standard InChI is InChI=1S/C25H23N3O2S2/c1-16-8-11-20(14-17(16)2)28-23(29)15-22(24(28)30)32-21-12-9-19(10-13-21)27-25(31)26-18-6-4-3-5-7-18/h3-14,22H,15H2,1-2H3,(H2,26,27,31)/t22-/m0/s1. The molecule has 1 aliphatic rings. The molecule has 0 bridgehead atoms. The average molecular weight is 462 g/mol. The molecule has 3 aromatic carbocycles. The number of nitrogens with one attached hydrogen (secondary N) is 2. The second-order valence-corrected chi connectivity index (χ2v) is 9.30. The molecule has 1 heterocycles. The van der Waals surface area contributed by atoms with Crippen molar-refractivity contribution in [3.05, 3.63) is 83.9 Å². The Morgan fingerprint density at radius 3 is 2.22 bits per heavy atom. The van der Waals surface area contributed by atoms with Gasteiger partial charge in [-0.15, -0.1) is 11.8 Å². The van der Waals surface area contributed by atoms with E-state index in [0.29, 0.717) is 10.8 Å². The van der Waals surface area contributed by atoms with Crippen molar-refractivity contribution in [2.75, 3.05) is 15.5 Å². The molecule has 0 radical (unpaired) electrons. The molecule has 2 N–H and O–H groups in total. The van der Waals surface area contributed by atoms with Crippen LogP contribution in [0.4, 0.5) is 17.1 Å². The van der Waals surface area contributed by atoms with Gasteiger partial charge in [-0.05, 0) is 85.7 Å². The first-order chi connectivity index (χ1) is 15.4. The fraction of sp³-hybridized carbons (Fsp3) is 0.160. The maximum Gasteiger partial charge on any atom is 0.247 e. The summed E-state index contributed by atoms with van der Waals surface area (Å²) in [6.07, 6.45) is 0.196. The van der Waals surface area contributed by atoms with Gasteiger partial charge in [-0.2, -0.15) is 0 Å². The van der Waals surface area contributed by atoms with E-state index in [-0.39, 0.29) is 18.2 Å². The smallest absolute Gasteiger partial charge is 0.247 e. The summed E-state index contributed by atoms with van der Waals surface area (Å²) < 4.78 is 0. The van der Waals surface area contributed by atoms with Gasteiger partial charge < -0.3 is 10.6 Å². The third-order valence-corrected chi connectivity index (χ3v) is 6.68. The summed E-state index contributed by atoms with van der Waals surface area (Å²) in [6.45, 7) is 3.99. The molecular weight excluding hydrogens is 438 g/mol. The number of rotatable bonds is 5. The van der Waals surface area contributed by atoms with Gasteiger partial charge in [-0.25, -0.2) is 4.90 Å². The molecule has 1 aliphatic heterocycles. The molecular formula is C25H23N3O2S2. The predicted molar refractivity (Wildman–Crippen MR) is 135 cm³/mol. The van der Waals surface area contributed by atoms with Crippen molar-refractivity contribution < 1.29 is 9.59 Å². The number of carbonyl (C=O) groups is 2. The van der Waals surface area contributed by atoms with Crippen LogP contribution in [0.15, 0.2) is 77.7 Å². The molecule has 0 saturated carbocycles. The molecule has 2 amide bonds. The van der Waals surface area contributed by atoms with Crippen LogP contribution in [0.3, 0.4) is 0 Å². The highest BCUT2D eigenvalue weighted by Crippen LogP contribution is 2.34. The lowest BCUT2D eigenvalue weighted by atomic mass is 10.1. The second kappa shape index (κ2) is 9.54. The summed E-state index contributed by atoms with van der Waals surface area (Å²) >= 11 is 6.77. The number of thioether (sulfide) groups is 1. The number of anilines is 3. The van der Waals surface area contributed by atoms with Crippen LogP contribution >= 0.6 is 24.0 Å². The number of nitrogens with zero attached hydrogens (tertiary/aromatic N) is 1. The Hall–Kier alpha value is -3.16. The van der Waals surface area contributed by atoms with Gasteiger partial charge >= 0.3 is 0 Å². The normalized spacial score (nSPS) is 15.7. The molecule has 7 heteroatoms. The van der Waals surface area contributed by atoms with Gasteiger partial charge in [0.25, 0.3) is 0 Å². The van der Waals surface area contributed by atoms with Crippen LogP contribution in [0.1, 0.15) is 17.5 Å². The Bertz CT molecular complexity index is 1160.